The summed E-state index contributed by atoms with van der Waals surface area (Å²) in [6.07, 6.45) is 1.56. The molecule has 29 heavy (non-hydrogen) atoms. The third-order valence-corrected chi connectivity index (χ3v) is 4.24. The van der Waals surface area contributed by atoms with Crippen molar-refractivity contribution in [2.45, 2.75) is 13.8 Å². The Morgan fingerprint density at radius 2 is 1.79 bits per heavy atom. The Labute approximate surface area is 170 Å². The van der Waals surface area contributed by atoms with Crippen LogP contribution in [-0.4, -0.2) is 36.1 Å². The van der Waals surface area contributed by atoms with Crippen molar-refractivity contribution in [1.82, 2.24) is 15.3 Å². The molecule has 0 aliphatic rings. The summed E-state index contributed by atoms with van der Waals surface area (Å²) in [6, 6.07) is 14.9. The average molecular weight is 392 g/mol. The van der Waals surface area contributed by atoms with Crippen LogP contribution < -0.4 is 20.1 Å². The number of hydrogen-bond donors (Lipinski definition) is 2. The van der Waals surface area contributed by atoms with E-state index >= 15 is 0 Å². The van der Waals surface area contributed by atoms with Crippen molar-refractivity contribution in [3.05, 3.63) is 71.5 Å². The zero-order valence-electron chi connectivity index (χ0n) is 16.7. The van der Waals surface area contributed by atoms with Gasteiger partial charge in [-0.2, -0.15) is 0 Å². The molecule has 0 radical (unpaired) electrons. The molecule has 0 spiro atoms. The van der Waals surface area contributed by atoms with Crippen LogP contribution in [0.4, 0.5) is 11.6 Å². The van der Waals surface area contributed by atoms with Crippen LogP contribution in [0.2, 0.25) is 0 Å². The summed E-state index contributed by atoms with van der Waals surface area (Å²) in [5, 5.41) is 5.97. The van der Waals surface area contributed by atoms with Crippen LogP contribution >= 0.6 is 0 Å². The van der Waals surface area contributed by atoms with Gasteiger partial charge in [0.2, 0.25) is 5.95 Å². The van der Waals surface area contributed by atoms with E-state index in [1.165, 1.54) is 0 Å². The molecule has 0 aliphatic carbocycles. The largest absolute Gasteiger partial charge is 0.497 e. The van der Waals surface area contributed by atoms with Gasteiger partial charge in [-0.15, -0.1) is 0 Å². The summed E-state index contributed by atoms with van der Waals surface area (Å²) in [6.45, 7) is 4.72. The highest BCUT2D eigenvalue weighted by Crippen LogP contribution is 2.19. The molecule has 1 amide bonds. The van der Waals surface area contributed by atoms with E-state index in [4.69, 9.17) is 9.47 Å². The number of ether oxygens (including phenoxy) is 2. The highest BCUT2D eigenvalue weighted by Gasteiger charge is 2.09. The van der Waals surface area contributed by atoms with E-state index in [0.717, 1.165) is 22.6 Å². The smallest absolute Gasteiger partial charge is 0.270 e. The zero-order chi connectivity index (χ0) is 20.6. The van der Waals surface area contributed by atoms with Crippen LogP contribution in [-0.2, 0) is 0 Å². The Hall–Kier alpha value is -3.61. The Morgan fingerprint density at radius 1 is 1.03 bits per heavy atom. The Morgan fingerprint density at radius 3 is 2.55 bits per heavy atom. The molecular formula is C22H24N4O3. The second-order valence-corrected chi connectivity index (χ2v) is 6.49. The fraction of sp³-hybridized carbons (Fsp3) is 0.227. The van der Waals surface area contributed by atoms with Crippen molar-refractivity contribution < 1.29 is 14.3 Å². The number of aryl methyl sites for hydroxylation is 2. The fourth-order valence-corrected chi connectivity index (χ4v) is 2.63. The first-order valence-electron chi connectivity index (χ1n) is 9.27. The van der Waals surface area contributed by atoms with Crippen LogP contribution in [0.5, 0.6) is 11.5 Å². The molecule has 3 aromatic rings. The number of nitrogens with zero attached hydrogens (tertiary/aromatic N) is 2. The molecule has 3 rings (SSSR count). The molecule has 0 bridgehead atoms. The summed E-state index contributed by atoms with van der Waals surface area (Å²) >= 11 is 0. The molecule has 7 nitrogen and oxygen atoms in total. The third-order valence-electron chi connectivity index (χ3n) is 4.24. The number of anilines is 2. The first kappa shape index (κ1) is 20.1. The Bertz CT molecular complexity index is 974. The number of carbonyl (C=O) groups is 1. The minimum absolute atomic E-state index is 0.283. The van der Waals surface area contributed by atoms with E-state index in [9.17, 15) is 4.79 Å². The van der Waals surface area contributed by atoms with Crippen LogP contribution in [0.15, 0.2) is 54.7 Å². The van der Waals surface area contributed by atoms with Gasteiger partial charge in [-0.25, -0.2) is 9.97 Å². The lowest BCUT2D eigenvalue weighted by Gasteiger charge is -2.10. The fourth-order valence-electron chi connectivity index (χ4n) is 2.63. The van der Waals surface area contributed by atoms with E-state index in [2.05, 4.69) is 20.6 Å². The predicted octanol–water partition coefficient (Wildman–Crippen LogP) is 3.65. The highest BCUT2D eigenvalue weighted by atomic mass is 16.5. The first-order valence-corrected chi connectivity index (χ1v) is 9.27. The molecule has 0 fully saturated rings. The van der Waals surface area contributed by atoms with E-state index < -0.39 is 0 Å². The zero-order valence-corrected chi connectivity index (χ0v) is 16.7. The van der Waals surface area contributed by atoms with Gasteiger partial charge in [0, 0.05) is 11.9 Å². The second-order valence-electron chi connectivity index (χ2n) is 6.49. The standard InChI is InChI=1S/C22H24N4O3/c1-15-4-5-16(2)20(14-15)26-22-24-11-10-19(25-22)21(27)23-12-13-29-18-8-6-17(28-3)7-9-18/h4-11,14H,12-13H2,1-3H3,(H,23,27)(H,24,25,26). The van der Waals surface area contributed by atoms with Gasteiger partial charge >= 0.3 is 0 Å². The number of hydrogen-bond acceptors (Lipinski definition) is 6. The van der Waals surface area contributed by atoms with Gasteiger partial charge in [0.1, 0.15) is 23.8 Å². The molecule has 0 atom stereocenters. The highest BCUT2D eigenvalue weighted by molar-refractivity contribution is 5.92. The quantitative estimate of drug-likeness (QED) is 0.569. The summed E-state index contributed by atoms with van der Waals surface area (Å²) < 4.78 is 10.7. The number of benzene rings is 2. The van der Waals surface area contributed by atoms with E-state index in [0.29, 0.717) is 24.8 Å². The third kappa shape index (κ3) is 5.68. The van der Waals surface area contributed by atoms with Gasteiger partial charge in [-0.3, -0.25) is 4.79 Å². The van der Waals surface area contributed by atoms with Crippen LogP contribution in [0.3, 0.4) is 0 Å². The maximum absolute atomic E-state index is 12.4. The van der Waals surface area contributed by atoms with Crippen molar-refractivity contribution >= 4 is 17.5 Å². The number of methoxy groups -OCH3 is 1. The van der Waals surface area contributed by atoms with Crippen molar-refractivity contribution in [3.8, 4) is 11.5 Å². The second kappa shape index (κ2) is 9.54. The molecule has 150 valence electrons. The van der Waals surface area contributed by atoms with E-state index in [1.807, 2.05) is 56.3 Å². The summed E-state index contributed by atoms with van der Waals surface area (Å²) in [4.78, 5) is 20.9. The number of rotatable bonds is 8. The number of nitrogens with one attached hydrogen (secondary N) is 2. The molecule has 0 unspecified atom stereocenters. The number of amides is 1. The molecule has 2 aromatic carbocycles. The predicted molar refractivity (Wildman–Crippen MR) is 112 cm³/mol. The molecule has 0 saturated carbocycles. The first-order chi connectivity index (χ1) is 14.0. The molecule has 0 saturated heterocycles. The lowest BCUT2D eigenvalue weighted by atomic mass is 10.1. The lowest BCUT2D eigenvalue weighted by molar-refractivity contribution is 0.0942. The van der Waals surface area contributed by atoms with Gasteiger partial charge in [0.05, 0.1) is 13.7 Å². The Balaban J connectivity index is 1.53. The van der Waals surface area contributed by atoms with Crippen molar-refractivity contribution in [2.24, 2.45) is 0 Å². The molecule has 1 heterocycles. The minimum atomic E-state index is -0.283. The normalized spacial score (nSPS) is 10.3. The Kier molecular flexibility index (Phi) is 6.63. The molecule has 0 aliphatic heterocycles. The molecule has 2 N–H and O–H groups in total. The molecule has 7 heteroatoms. The van der Waals surface area contributed by atoms with Crippen molar-refractivity contribution in [1.29, 1.82) is 0 Å². The van der Waals surface area contributed by atoms with Gasteiger partial charge in [-0.05, 0) is 61.4 Å². The van der Waals surface area contributed by atoms with Gasteiger partial charge in [0.15, 0.2) is 0 Å². The lowest BCUT2D eigenvalue weighted by Crippen LogP contribution is -2.29. The van der Waals surface area contributed by atoms with Crippen molar-refractivity contribution in [3.63, 3.8) is 0 Å². The van der Waals surface area contributed by atoms with Crippen molar-refractivity contribution in [2.75, 3.05) is 25.6 Å². The van der Waals surface area contributed by atoms with Gasteiger partial charge in [-0.1, -0.05) is 12.1 Å². The topological polar surface area (TPSA) is 85.4 Å². The summed E-state index contributed by atoms with van der Waals surface area (Å²) in [5.41, 5.74) is 3.40. The van der Waals surface area contributed by atoms with E-state index in [1.54, 1.807) is 19.4 Å². The maximum Gasteiger partial charge on any atom is 0.270 e. The monoisotopic (exact) mass is 392 g/mol. The van der Waals surface area contributed by atoms with E-state index in [-0.39, 0.29) is 11.6 Å². The van der Waals surface area contributed by atoms with Crippen LogP contribution in [0.1, 0.15) is 21.6 Å². The van der Waals surface area contributed by atoms with Gasteiger partial charge in [0.25, 0.3) is 5.91 Å². The minimum Gasteiger partial charge on any atom is -0.497 e. The molecule has 1 aromatic heterocycles. The summed E-state index contributed by atoms with van der Waals surface area (Å²) in [5.74, 6) is 1.57. The average Bonchev–Trinajstić information content (AvgIpc) is 2.74. The number of aromatic nitrogens is 2. The SMILES string of the molecule is COc1ccc(OCCNC(=O)c2ccnc(Nc3cc(C)ccc3C)n2)cc1. The maximum atomic E-state index is 12.4. The number of carbonyl (C=O) groups excluding carboxylic acids is 1. The summed E-state index contributed by atoms with van der Waals surface area (Å²) in [7, 11) is 1.61. The van der Waals surface area contributed by atoms with Crippen LogP contribution in [0, 0.1) is 13.8 Å². The van der Waals surface area contributed by atoms with Gasteiger partial charge < -0.3 is 20.1 Å². The van der Waals surface area contributed by atoms with Crippen LogP contribution in [0.25, 0.3) is 0 Å². The molecular weight excluding hydrogens is 368 g/mol.